The van der Waals surface area contributed by atoms with Crippen LogP contribution in [0.15, 0.2) is 11.6 Å². The Labute approximate surface area is 157 Å². The van der Waals surface area contributed by atoms with Gasteiger partial charge in [-0.3, -0.25) is 0 Å². The van der Waals surface area contributed by atoms with Crippen molar-refractivity contribution in [2.24, 2.45) is 17.8 Å². The van der Waals surface area contributed by atoms with Gasteiger partial charge in [0.15, 0.2) is 0 Å². The van der Waals surface area contributed by atoms with E-state index in [0.717, 1.165) is 38.5 Å². The van der Waals surface area contributed by atoms with Crippen molar-refractivity contribution in [3.63, 3.8) is 0 Å². The number of hydrogen-bond acceptors (Lipinski definition) is 4. The molecule has 0 radical (unpaired) electrons. The fourth-order valence-corrected chi connectivity index (χ4v) is 5.21. The van der Waals surface area contributed by atoms with Crippen LogP contribution in [0.1, 0.15) is 64.2 Å². The van der Waals surface area contributed by atoms with Gasteiger partial charge in [0.2, 0.25) is 0 Å². The van der Waals surface area contributed by atoms with E-state index in [4.69, 9.17) is 9.84 Å². The van der Waals surface area contributed by atoms with Gasteiger partial charge in [-0.1, -0.05) is 37.2 Å². The van der Waals surface area contributed by atoms with Gasteiger partial charge in [0.1, 0.15) is 6.10 Å². The zero-order valence-corrected chi connectivity index (χ0v) is 16.0. The molecule has 0 spiro atoms. The highest BCUT2D eigenvalue weighted by atomic mass is 16.5. The van der Waals surface area contributed by atoms with Crippen molar-refractivity contribution < 1.29 is 20.1 Å². The van der Waals surface area contributed by atoms with Crippen LogP contribution in [0.2, 0.25) is 0 Å². The molecule has 5 atom stereocenters. The third-order valence-electron chi connectivity index (χ3n) is 6.85. The van der Waals surface area contributed by atoms with Crippen molar-refractivity contribution in [2.45, 2.75) is 82.0 Å². The minimum atomic E-state index is -0.569. The average Bonchev–Trinajstić information content (AvgIpc) is 2.66. The normalized spacial score (nSPS) is 37.4. The summed E-state index contributed by atoms with van der Waals surface area (Å²) in [6, 6.07) is 0. The Morgan fingerprint density at radius 3 is 2.73 bits per heavy atom. The maximum absolute atomic E-state index is 10.5. The molecule has 0 saturated heterocycles. The fraction of sp³-hybridized carbons (Fsp3) is 0.818. The van der Waals surface area contributed by atoms with Crippen LogP contribution < -0.4 is 0 Å². The van der Waals surface area contributed by atoms with E-state index >= 15 is 0 Å². The predicted molar refractivity (Wildman–Crippen MR) is 101 cm³/mol. The predicted octanol–water partition coefficient (Wildman–Crippen LogP) is 2.81. The molecule has 3 rings (SSSR count). The van der Waals surface area contributed by atoms with Gasteiger partial charge in [0.05, 0.1) is 17.6 Å². The van der Waals surface area contributed by atoms with Gasteiger partial charge < -0.3 is 20.1 Å². The maximum Gasteiger partial charge on any atom is 0.117 e. The molecule has 1 unspecified atom stereocenters. The smallest absolute Gasteiger partial charge is 0.117 e. The molecular formula is C22H34O4. The highest BCUT2D eigenvalue weighted by Gasteiger charge is 2.58. The lowest BCUT2D eigenvalue weighted by Crippen LogP contribution is -2.59. The van der Waals surface area contributed by atoms with Crippen LogP contribution in [0, 0.1) is 29.6 Å². The summed E-state index contributed by atoms with van der Waals surface area (Å²) in [6.07, 6.45) is 11.0. The molecule has 146 valence electrons. The number of fused-ring (bicyclic) bond motifs is 1. The van der Waals surface area contributed by atoms with E-state index in [1.54, 1.807) is 7.11 Å². The van der Waals surface area contributed by atoms with Crippen molar-refractivity contribution in [3.05, 3.63) is 11.6 Å². The Bertz CT molecular complexity index is 554. The number of unbranched alkanes of at least 4 members (excludes halogenated alkanes) is 1. The molecule has 3 aliphatic carbocycles. The van der Waals surface area contributed by atoms with Crippen molar-refractivity contribution in [1.82, 2.24) is 0 Å². The first-order valence-corrected chi connectivity index (χ1v) is 10.3. The Morgan fingerprint density at radius 2 is 2.04 bits per heavy atom. The minimum Gasteiger partial charge on any atom is -0.396 e. The maximum atomic E-state index is 10.5. The van der Waals surface area contributed by atoms with E-state index in [1.165, 1.54) is 24.8 Å². The van der Waals surface area contributed by atoms with Crippen LogP contribution in [0.25, 0.3) is 0 Å². The third kappa shape index (κ3) is 3.87. The minimum absolute atomic E-state index is 0.128. The van der Waals surface area contributed by atoms with Gasteiger partial charge in [-0.25, -0.2) is 0 Å². The summed E-state index contributed by atoms with van der Waals surface area (Å²) in [5.74, 6) is 6.69. The lowest BCUT2D eigenvalue weighted by atomic mass is 9.53. The topological polar surface area (TPSA) is 69.9 Å². The molecule has 3 N–H and O–H groups in total. The summed E-state index contributed by atoms with van der Waals surface area (Å²) in [7, 11) is 1.76. The van der Waals surface area contributed by atoms with E-state index in [-0.39, 0.29) is 24.0 Å². The number of hydrogen-bond donors (Lipinski definition) is 3. The molecule has 3 aliphatic rings. The first-order valence-electron chi connectivity index (χ1n) is 10.3. The second-order valence-corrected chi connectivity index (χ2v) is 8.26. The van der Waals surface area contributed by atoms with Crippen LogP contribution in [0.3, 0.4) is 0 Å². The Balaban J connectivity index is 1.70. The molecule has 3 saturated carbocycles. The largest absolute Gasteiger partial charge is 0.396 e. The molecule has 0 aromatic heterocycles. The van der Waals surface area contributed by atoms with Crippen LogP contribution in [0.5, 0.6) is 0 Å². The van der Waals surface area contributed by atoms with Gasteiger partial charge in [-0.15, -0.1) is 0 Å². The van der Waals surface area contributed by atoms with Crippen molar-refractivity contribution in [1.29, 1.82) is 0 Å². The monoisotopic (exact) mass is 362 g/mol. The molecular weight excluding hydrogens is 328 g/mol. The molecule has 0 heterocycles. The van der Waals surface area contributed by atoms with Crippen LogP contribution in [-0.4, -0.2) is 46.8 Å². The number of allylic oxidation sites excluding steroid dienone is 1. The second kappa shape index (κ2) is 8.89. The van der Waals surface area contributed by atoms with Gasteiger partial charge >= 0.3 is 0 Å². The van der Waals surface area contributed by atoms with Crippen molar-refractivity contribution in [3.8, 4) is 11.8 Å². The quantitative estimate of drug-likeness (QED) is 0.400. The molecule has 26 heavy (non-hydrogen) atoms. The summed E-state index contributed by atoms with van der Waals surface area (Å²) in [4.78, 5) is 0. The SMILES string of the molecule is CO[C@@]12CC[C@H](O)[C@@H](C#CC(O)C3CCCCC3)[C@@H]1C/C2=C/CCCO. The zero-order valence-electron chi connectivity index (χ0n) is 16.0. The number of aliphatic hydroxyl groups is 3. The summed E-state index contributed by atoms with van der Waals surface area (Å²) in [5.41, 5.74) is 0.995. The van der Waals surface area contributed by atoms with E-state index in [0.29, 0.717) is 12.3 Å². The molecule has 0 aromatic rings. The Morgan fingerprint density at radius 1 is 1.27 bits per heavy atom. The van der Waals surface area contributed by atoms with E-state index in [9.17, 15) is 10.2 Å². The number of rotatable bonds is 5. The Hall–Kier alpha value is -0.860. The van der Waals surface area contributed by atoms with E-state index < -0.39 is 12.2 Å². The number of ether oxygens (including phenoxy) is 1. The first-order chi connectivity index (χ1) is 12.6. The molecule has 3 fully saturated rings. The summed E-state index contributed by atoms with van der Waals surface area (Å²) < 4.78 is 5.95. The fourth-order valence-electron chi connectivity index (χ4n) is 5.21. The second-order valence-electron chi connectivity index (χ2n) is 8.26. The number of methoxy groups -OCH3 is 1. The molecule has 0 aromatic carbocycles. The first kappa shape index (κ1) is 19.9. The van der Waals surface area contributed by atoms with Gasteiger partial charge in [-0.2, -0.15) is 0 Å². The highest BCUT2D eigenvalue weighted by Crippen LogP contribution is 2.56. The lowest BCUT2D eigenvalue weighted by Gasteiger charge is -2.57. The third-order valence-corrected chi connectivity index (χ3v) is 6.85. The highest BCUT2D eigenvalue weighted by molar-refractivity contribution is 5.35. The van der Waals surface area contributed by atoms with Crippen LogP contribution in [0.4, 0.5) is 0 Å². The molecule has 0 amide bonds. The summed E-state index contributed by atoms with van der Waals surface area (Å²) >= 11 is 0. The average molecular weight is 363 g/mol. The van der Waals surface area contributed by atoms with E-state index in [1.807, 2.05) is 0 Å². The molecule has 4 heteroatoms. The Kier molecular flexibility index (Phi) is 6.80. The van der Waals surface area contributed by atoms with Crippen LogP contribution >= 0.6 is 0 Å². The molecule has 0 aliphatic heterocycles. The number of aliphatic hydroxyl groups excluding tert-OH is 3. The van der Waals surface area contributed by atoms with Crippen molar-refractivity contribution >= 4 is 0 Å². The molecule has 4 nitrogen and oxygen atoms in total. The standard InChI is InChI=1S/C22H34O4/c1-26-22-13-12-21(25)18(19(22)15-17(22)9-5-6-14-23)10-11-20(24)16-7-3-2-4-8-16/h9,16,18-21,23-25H,2-8,12-15H2,1H3/b17-9-/t18-,19-,20?,21-,22+/m0/s1. The van der Waals surface area contributed by atoms with Gasteiger partial charge in [-0.05, 0) is 56.4 Å². The summed E-state index contributed by atoms with van der Waals surface area (Å²) in [5, 5.41) is 30.0. The van der Waals surface area contributed by atoms with E-state index in [2.05, 4.69) is 17.9 Å². The lowest BCUT2D eigenvalue weighted by molar-refractivity contribution is -0.138. The molecule has 0 bridgehead atoms. The van der Waals surface area contributed by atoms with Crippen LogP contribution in [-0.2, 0) is 4.74 Å². The van der Waals surface area contributed by atoms with Gasteiger partial charge in [0.25, 0.3) is 0 Å². The van der Waals surface area contributed by atoms with Crippen molar-refractivity contribution in [2.75, 3.05) is 13.7 Å². The van der Waals surface area contributed by atoms with Gasteiger partial charge in [0, 0.05) is 19.6 Å². The summed E-state index contributed by atoms with van der Waals surface area (Å²) in [6.45, 7) is 0.207. The zero-order chi connectivity index (χ0) is 18.6.